The largest absolute Gasteiger partial charge is 0.466 e. The van der Waals surface area contributed by atoms with Crippen molar-refractivity contribution in [1.82, 2.24) is 20.9 Å². The average molecular weight is 514 g/mol. The number of fused-ring (bicyclic) bond motifs is 13. The predicted octanol–water partition coefficient (Wildman–Crippen LogP) is -1.15. The van der Waals surface area contributed by atoms with Gasteiger partial charge in [0.2, 0.25) is 17.7 Å². The van der Waals surface area contributed by atoms with Crippen LogP contribution in [0, 0.1) is 0 Å². The van der Waals surface area contributed by atoms with Crippen LogP contribution < -0.4 is 21.7 Å². The first-order chi connectivity index (χ1) is 17.8. The van der Waals surface area contributed by atoms with Crippen LogP contribution in [0.15, 0.2) is 47.1 Å². The highest BCUT2D eigenvalue weighted by Gasteiger charge is 2.51. The van der Waals surface area contributed by atoms with Crippen molar-refractivity contribution < 1.29 is 38.2 Å². The van der Waals surface area contributed by atoms with Crippen molar-refractivity contribution in [3.05, 3.63) is 59.5 Å². The molecule has 3 aliphatic rings. The smallest absolute Gasteiger partial charge is 0.251 e. The van der Waals surface area contributed by atoms with Crippen LogP contribution in [0.2, 0.25) is 0 Å². The maximum Gasteiger partial charge on any atom is 0.251 e. The zero-order valence-corrected chi connectivity index (χ0v) is 19.7. The maximum absolute atomic E-state index is 13.6. The number of nitrogens with two attached hydrogens (primary N) is 1. The Morgan fingerprint density at radius 1 is 1.03 bits per heavy atom. The van der Waals surface area contributed by atoms with Crippen LogP contribution in [-0.2, 0) is 23.9 Å². The quantitative estimate of drug-likeness (QED) is 0.339. The van der Waals surface area contributed by atoms with E-state index in [0.29, 0.717) is 11.1 Å². The number of rotatable bonds is 3. The minimum atomic E-state index is -1.44. The van der Waals surface area contributed by atoms with Gasteiger partial charge in [0.25, 0.3) is 11.8 Å². The molecule has 0 aliphatic carbocycles. The van der Waals surface area contributed by atoms with Gasteiger partial charge in [-0.2, -0.15) is 0 Å². The van der Waals surface area contributed by atoms with Gasteiger partial charge in [-0.05, 0) is 24.3 Å². The zero-order valence-electron chi connectivity index (χ0n) is 19.7. The van der Waals surface area contributed by atoms with E-state index in [1.165, 1.54) is 18.4 Å². The molecule has 3 aliphatic heterocycles. The number of benzene rings is 1. The van der Waals surface area contributed by atoms with Gasteiger partial charge in [-0.15, -0.1) is 0 Å². The Balaban J connectivity index is 1.74. The van der Waals surface area contributed by atoms with Crippen molar-refractivity contribution >= 4 is 29.5 Å². The maximum atomic E-state index is 13.6. The lowest BCUT2D eigenvalue weighted by atomic mass is 10.0. The van der Waals surface area contributed by atoms with Crippen LogP contribution in [0.3, 0.4) is 0 Å². The molecular weight excluding hydrogens is 486 g/mol. The van der Waals surface area contributed by atoms with E-state index in [1.807, 2.05) is 0 Å². The number of aliphatic hydroxyl groups is 1. The summed E-state index contributed by atoms with van der Waals surface area (Å²) in [4.78, 5) is 64.3. The molecule has 6 N–H and O–H groups in total. The average Bonchev–Trinajstić information content (AvgIpc) is 3.56. The molecule has 1 aromatic carbocycles. The molecule has 2 aromatic rings. The van der Waals surface area contributed by atoms with Crippen LogP contribution >= 0.6 is 0 Å². The van der Waals surface area contributed by atoms with E-state index in [1.54, 1.807) is 24.3 Å². The molecule has 196 valence electrons. The molecule has 4 heterocycles. The molecule has 1 fully saturated rings. The zero-order chi connectivity index (χ0) is 26.5. The van der Waals surface area contributed by atoms with Crippen molar-refractivity contribution in [2.75, 3.05) is 19.7 Å². The highest BCUT2D eigenvalue weighted by molar-refractivity contribution is 5.95. The van der Waals surface area contributed by atoms with Crippen LogP contribution in [0.25, 0.3) is 0 Å². The summed E-state index contributed by atoms with van der Waals surface area (Å²) in [6.07, 6.45) is -1.28. The van der Waals surface area contributed by atoms with Gasteiger partial charge >= 0.3 is 0 Å². The normalized spacial score (nSPS) is 25.5. The minimum Gasteiger partial charge on any atom is -0.466 e. The second-order valence-electron chi connectivity index (χ2n) is 8.55. The molecule has 5 rings (SSSR count). The summed E-state index contributed by atoms with van der Waals surface area (Å²) < 4.78 is 11.5. The van der Waals surface area contributed by atoms with E-state index in [0.717, 1.165) is 4.90 Å². The third kappa shape index (κ3) is 5.62. The Kier molecular flexibility index (Phi) is 7.84. The van der Waals surface area contributed by atoms with E-state index >= 15 is 0 Å². The molecular formula is C24H27N5O8. The Hall–Kier alpha value is -4.23. The number of aliphatic hydroxyl groups excluding tert-OH is 1. The number of ether oxygens (including phenoxy) is 1. The Bertz CT molecular complexity index is 1170. The molecule has 0 radical (unpaired) electrons. The molecule has 2 bridgehead atoms. The van der Waals surface area contributed by atoms with Gasteiger partial charge in [-0.1, -0.05) is 12.1 Å². The topological polar surface area (TPSA) is 193 Å². The lowest BCUT2D eigenvalue weighted by Crippen LogP contribution is -2.55. The molecule has 0 spiro atoms. The van der Waals surface area contributed by atoms with E-state index < -0.39 is 54.7 Å². The van der Waals surface area contributed by atoms with Crippen molar-refractivity contribution in [3.63, 3.8) is 0 Å². The third-order valence-electron chi connectivity index (χ3n) is 6.07. The van der Waals surface area contributed by atoms with Gasteiger partial charge in [0, 0.05) is 37.1 Å². The third-order valence-corrected chi connectivity index (χ3v) is 6.07. The van der Waals surface area contributed by atoms with Crippen molar-refractivity contribution in [2.24, 2.45) is 5.73 Å². The highest BCUT2D eigenvalue weighted by atomic mass is 16.5. The van der Waals surface area contributed by atoms with E-state index in [9.17, 15) is 29.1 Å². The van der Waals surface area contributed by atoms with E-state index in [2.05, 4.69) is 16.0 Å². The summed E-state index contributed by atoms with van der Waals surface area (Å²) in [7, 11) is 0. The van der Waals surface area contributed by atoms with Crippen LogP contribution in [0.1, 0.15) is 46.9 Å². The van der Waals surface area contributed by atoms with Crippen molar-refractivity contribution in [1.29, 1.82) is 0 Å². The summed E-state index contributed by atoms with van der Waals surface area (Å²) >= 11 is 0. The van der Waals surface area contributed by atoms with Crippen molar-refractivity contribution in [2.45, 2.75) is 37.3 Å². The SMILES string of the molecule is NC(=O)C1C(c2ccco2)OC2c3ccc(cc3)C(=O)NCCNC(=O)CCC(=O)N[C@@H](CO)C(=O)N21. The minimum absolute atomic E-state index is 0.162. The number of furan rings is 1. The lowest BCUT2D eigenvalue weighted by molar-refractivity contribution is -0.146. The lowest BCUT2D eigenvalue weighted by Gasteiger charge is -2.30. The number of amides is 5. The second-order valence-corrected chi connectivity index (χ2v) is 8.55. The molecule has 5 amide bonds. The number of hydrogen-bond donors (Lipinski definition) is 5. The molecule has 1 saturated heterocycles. The number of primary amides is 1. The standard InChI is InChI=1S/C24H27N5O8/c25-21(33)19-20(16-2-1-11-36-16)37-24-14-5-3-13(4-6-14)22(34)27-10-9-26-17(31)7-8-18(32)28-15(12-30)23(35)29(19)24/h1-6,11,15,19-20,24,30H,7-10,12H2,(H2,25,33)(H,26,31)(H,27,34)(H,28,32)/t15-,19?,20?,24?/m0/s1. The van der Waals surface area contributed by atoms with E-state index in [4.69, 9.17) is 14.9 Å². The van der Waals surface area contributed by atoms with Gasteiger partial charge in [-0.3, -0.25) is 28.9 Å². The predicted molar refractivity (Wildman–Crippen MR) is 125 cm³/mol. The Labute approximate surface area is 211 Å². The van der Waals surface area contributed by atoms with Crippen LogP contribution in [0.4, 0.5) is 0 Å². The molecule has 1 aromatic heterocycles. The summed E-state index contributed by atoms with van der Waals surface area (Å²) in [6, 6.07) is 6.52. The number of hydrogen-bond acceptors (Lipinski definition) is 8. The second kappa shape index (κ2) is 11.2. The van der Waals surface area contributed by atoms with Gasteiger partial charge < -0.3 is 35.9 Å². The Morgan fingerprint density at radius 2 is 1.73 bits per heavy atom. The van der Waals surface area contributed by atoms with Crippen LogP contribution in [-0.4, -0.2) is 71.3 Å². The Morgan fingerprint density at radius 3 is 2.38 bits per heavy atom. The summed E-state index contributed by atoms with van der Waals surface area (Å²) in [5.41, 5.74) is 6.43. The summed E-state index contributed by atoms with van der Waals surface area (Å²) in [6.45, 7) is -0.449. The van der Waals surface area contributed by atoms with Gasteiger partial charge in [0.1, 0.15) is 23.9 Å². The summed E-state index contributed by atoms with van der Waals surface area (Å²) in [5, 5.41) is 17.6. The number of nitrogens with zero attached hydrogens (tertiary/aromatic N) is 1. The fraction of sp³-hybridized carbons (Fsp3) is 0.375. The van der Waals surface area contributed by atoms with Gasteiger partial charge in [0.15, 0.2) is 6.23 Å². The first-order valence-electron chi connectivity index (χ1n) is 11.7. The molecule has 37 heavy (non-hydrogen) atoms. The molecule has 0 saturated carbocycles. The first-order valence-corrected chi connectivity index (χ1v) is 11.7. The monoisotopic (exact) mass is 513 g/mol. The highest BCUT2D eigenvalue weighted by Crippen LogP contribution is 2.43. The molecule has 13 nitrogen and oxygen atoms in total. The first kappa shape index (κ1) is 25.9. The fourth-order valence-corrected chi connectivity index (χ4v) is 4.25. The number of nitrogens with one attached hydrogen (secondary N) is 3. The number of carbonyl (C=O) groups is 5. The molecule has 4 atom stereocenters. The van der Waals surface area contributed by atoms with E-state index in [-0.39, 0.29) is 37.6 Å². The fourth-order valence-electron chi connectivity index (χ4n) is 4.25. The molecule has 3 unspecified atom stereocenters. The number of carbonyl (C=O) groups excluding carboxylic acids is 5. The van der Waals surface area contributed by atoms with Crippen LogP contribution in [0.5, 0.6) is 0 Å². The summed E-state index contributed by atoms with van der Waals surface area (Å²) in [5.74, 6) is -2.94. The van der Waals surface area contributed by atoms with Gasteiger partial charge in [-0.25, -0.2) is 0 Å². The molecule has 13 heteroatoms. The van der Waals surface area contributed by atoms with Gasteiger partial charge in [0.05, 0.1) is 12.9 Å². The van der Waals surface area contributed by atoms with Crippen molar-refractivity contribution in [3.8, 4) is 0 Å².